The summed E-state index contributed by atoms with van der Waals surface area (Å²) in [5.74, 6) is 0.710. The van der Waals surface area contributed by atoms with Crippen molar-refractivity contribution in [2.45, 2.75) is 57.0 Å². The molecule has 0 amide bonds. The van der Waals surface area contributed by atoms with Gasteiger partial charge in [-0.1, -0.05) is 12.8 Å². The summed E-state index contributed by atoms with van der Waals surface area (Å²) in [5, 5.41) is 0. The summed E-state index contributed by atoms with van der Waals surface area (Å²) >= 11 is 3.57. The van der Waals surface area contributed by atoms with Crippen LogP contribution in [0.25, 0.3) is 0 Å². The van der Waals surface area contributed by atoms with Crippen LogP contribution in [-0.2, 0) is 13.0 Å². The van der Waals surface area contributed by atoms with E-state index in [2.05, 4.69) is 20.5 Å². The molecule has 1 aliphatic heterocycles. The predicted molar refractivity (Wildman–Crippen MR) is 67.4 cm³/mol. The van der Waals surface area contributed by atoms with Gasteiger partial charge in [-0.3, -0.25) is 0 Å². The van der Waals surface area contributed by atoms with E-state index in [0.717, 1.165) is 24.1 Å². The van der Waals surface area contributed by atoms with Gasteiger partial charge in [-0.2, -0.15) is 0 Å². The molecule has 1 atom stereocenters. The van der Waals surface area contributed by atoms with Crippen LogP contribution in [0.5, 0.6) is 0 Å². The van der Waals surface area contributed by atoms with E-state index in [4.69, 9.17) is 10.7 Å². The van der Waals surface area contributed by atoms with Gasteiger partial charge in [0.15, 0.2) is 4.73 Å². The fraction of sp³-hybridized carbons (Fsp3) is 0.750. The molecule has 3 rings (SSSR count). The van der Waals surface area contributed by atoms with Crippen molar-refractivity contribution < 1.29 is 0 Å². The number of hydrogen-bond acceptors (Lipinski definition) is 2. The van der Waals surface area contributed by atoms with Gasteiger partial charge in [0.25, 0.3) is 0 Å². The van der Waals surface area contributed by atoms with Gasteiger partial charge in [0, 0.05) is 24.2 Å². The Hall–Kier alpha value is -0.350. The molecule has 88 valence electrons. The molecule has 1 aromatic heterocycles. The maximum Gasteiger partial charge on any atom is 0.177 e. The second-order valence-corrected chi connectivity index (χ2v) is 5.81. The van der Waals surface area contributed by atoms with Crippen LogP contribution in [0.1, 0.15) is 49.4 Å². The van der Waals surface area contributed by atoms with Gasteiger partial charge in [0.1, 0.15) is 0 Å². The Bertz CT molecular complexity index is 393. The summed E-state index contributed by atoms with van der Waals surface area (Å²) in [5.41, 5.74) is 8.81. The second kappa shape index (κ2) is 4.15. The molecule has 2 N–H and O–H groups in total. The fourth-order valence-electron chi connectivity index (χ4n) is 3.10. The van der Waals surface area contributed by atoms with Crippen LogP contribution in [-0.4, -0.2) is 15.6 Å². The quantitative estimate of drug-likeness (QED) is 0.861. The molecular formula is C12H18BrN3. The molecule has 1 aliphatic carbocycles. The summed E-state index contributed by atoms with van der Waals surface area (Å²) in [7, 11) is 0. The zero-order valence-electron chi connectivity index (χ0n) is 9.45. The fourth-order valence-corrected chi connectivity index (χ4v) is 3.65. The summed E-state index contributed by atoms with van der Waals surface area (Å²) in [6.07, 6.45) is 7.59. The van der Waals surface area contributed by atoms with Crippen molar-refractivity contribution >= 4 is 15.9 Å². The number of nitrogens with two attached hydrogens (primary N) is 1. The average molecular weight is 284 g/mol. The predicted octanol–water partition coefficient (Wildman–Crippen LogP) is 2.58. The molecule has 0 radical (unpaired) electrons. The monoisotopic (exact) mass is 283 g/mol. The highest BCUT2D eigenvalue weighted by Gasteiger charge is 2.28. The van der Waals surface area contributed by atoms with Crippen LogP contribution < -0.4 is 5.73 Å². The van der Waals surface area contributed by atoms with Gasteiger partial charge in [-0.25, -0.2) is 4.98 Å². The van der Waals surface area contributed by atoms with E-state index < -0.39 is 0 Å². The van der Waals surface area contributed by atoms with Gasteiger partial charge >= 0.3 is 0 Å². The lowest BCUT2D eigenvalue weighted by molar-refractivity contribution is 0.451. The molecule has 0 spiro atoms. The third-order valence-electron chi connectivity index (χ3n) is 3.97. The summed E-state index contributed by atoms with van der Waals surface area (Å²) in [4.78, 5) is 4.73. The summed E-state index contributed by atoms with van der Waals surface area (Å²) in [6, 6.07) is 0.300. The molecule has 1 unspecified atom stereocenters. The topological polar surface area (TPSA) is 43.8 Å². The number of rotatable bonds is 1. The Balaban J connectivity index is 1.97. The van der Waals surface area contributed by atoms with Crippen LogP contribution in [0.15, 0.2) is 4.73 Å². The third-order valence-corrected chi connectivity index (χ3v) is 4.57. The number of halogens is 1. The first-order valence-corrected chi connectivity index (χ1v) is 7.05. The van der Waals surface area contributed by atoms with E-state index in [1.54, 1.807) is 0 Å². The van der Waals surface area contributed by atoms with Gasteiger partial charge < -0.3 is 10.3 Å². The molecule has 0 saturated heterocycles. The van der Waals surface area contributed by atoms with Crippen molar-refractivity contribution in [2.24, 2.45) is 5.73 Å². The molecule has 1 fully saturated rings. The first kappa shape index (κ1) is 10.8. The maximum absolute atomic E-state index is 6.01. The van der Waals surface area contributed by atoms with Crippen molar-refractivity contribution in [3.8, 4) is 0 Å². The number of nitrogens with zero attached hydrogens (tertiary/aromatic N) is 2. The van der Waals surface area contributed by atoms with Gasteiger partial charge in [0.05, 0.1) is 5.69 Å². The Kier molecular flexibility index (Phi) is 2.80. The van der Waals surface area contributed by atoms with Crippen molar-refractivity contribution in [2.75, 3.05) is 0 Å². The summed E-state index contributed by atoms with van der Waals surface area (Å²) < 4.78 is 3.27. The van der Waals surface area contributed by atoms with E-state index in [1.807, 2.05) is 0 Å². The highest BCUT2D eigenvalue weighted by atomic mass is 79.9. The molecule has 16 heavy (non-hydrogen) atoms. The van der Waals surface area contributed by atoms with E-state index in [0.29, 0.717) is 12.0 Å². The normalized spacial score (nSPS) is 26.0. The third kappa shape index (κ3) is 1.72. The van der Waals surface area contributed by atoms with Crippen LogP contribution >= 0.6 is 15.9 Å². The van der Waals surface area contributed by atoms with Crippen LogP contribution in [0, 0.1) is 0 Å². The zero-order valence-corrected chi connectivity index (χ0v) is 11.0. The Morgan fingerprint density at radius 1 is 1.25 bits per heavy atom. The lowest BCUT2D eigenvalue weighted by atomic mass is 9.97. The van der Waals surface area contributed by atoms with Gasteiger partial charge in [0.2, 0.25) is 0 Å². The van der Waals surface area contributed by atoms with E-state index in [-0.39, 0.29) is 0 Å². The average Bonchev–Trinajstić information content (AvgIpc) is 2.87. The molecule has 4 heteroatoms. The van der Waals surface area contributed by atoms with Crippen molar-refractivity contribution in [3.05, 3.63) is 16.1 Å². The number of fused-ring (bicyclic) bond motifs is 1. The largest absolute Gasteiger partial charge is 0.326 e. The molecule has 1 aromatic rings. The molecule has 0 bridgehead atoms. The lowest BCUT2D eigenvalue weighted by Crippen LogP contribution is -2.32. The maximum atomic E-state index is 6.01. The van der Waals surface area contributed by atoms with Crippen LogP contribution in [0.2, 0.25) is 0 Å². The highest BCUT2D eigenvalue weighted by molar-refractivity contribution is 9.10. The second-order valence-electron chi connectivity index (χ2n) is 5.10. The first-order chi connectivity index (χ1) is 7.75. The molecule has 3 nitrogen and oxygen atoms in total. The van der Waals surface area contributed by atoms with E-state index in [9.17, 15) is 0 Å². The van der Waals surface area contributed by atoms with Crippen LogP contribution in [0.4, 0.5) is 0 Å². The Morgan fingerprint density at radius 2 is 2.00 bits per heavy atom. The SMILES string of the molecule is NC1CCc2c(C3CCCC3)nc(Br)n2C1. The first-order valence-electron chi connectivity index (χ1n) is 6.26. The minimum Gasteiger partial charge on any atom is -0.326 e. The van der Waals surface area contributed by atoms with Crippen molar-refractivity contribution in [3.63, 3.8) is 0 Å². The van der Waals surface area contributed by atoms with Crippen molar-refractivity contribution in [1.82, 2.24) is 9.55 Å². The molecule has 1 saturated carbocycles. The number of aromatic nitrogens is 2. The Morgan fingerprint density at radius 3 is 2.75 bits per heavy atom. The van der Waals surface area contributed by atoms with Crippen molar-refractivity contribution in [1.29, 1.82) is 0 Å². The highest BCUT2D eigenvalue weighted by Crippen LogP contribution is 2.37. The van der Waals surface area contributed by atoms with Gasteiger partial charge in [-0.05, 0) is 41.6 Å². The Labute approximate surface area is 105 Å². The molecule has 0 aromatic carbocycles. The van der Waals surface area contributed by atoms with Crippen LogP contribution in [0.3, 0.4) is 0 Å². The number of imidazole rings is 1. The van der Waals surface area contributed by atoms with E-state index >= 15 is 0 Å². The molecule has 2 heterocycles. The minimum absolute atomic E-state index is 0.300. The molecule has 2 aliphatic rings. The number of hydrogen-bond donors (Lipinski definition) is 1. The van der Waals surface area contributed by atoms with Gasteiger partial charge in [-0.15, -0.1) is 0 Å². The molecular weight excluding hydrogens is 266 g/mol. The standard InChI is InChI=1S/C12H18BrN3/c13-12-15-11(8-3-1-2-4-8)10-6-5-9(14)7-16(10)12/h8-9H,1-7,14H2. The minimum atomic E-state index is 0.300. The smallest absolute Gasteiger partial charge is 0.177 e. The zero-order chi connectivity index (χ0) is 11.1. The summed E-state index contributed by atoms with van der Waals surface area (Å²) in [6.45, 7) is 0.926. The van der Waals surface area contributed by atoms with E-state index in [1.165, 1.54) is 37.1 Å². The lowest BCUT2D eigenvalue weighted by Gasteiger charge is -2.22.